The first-order valence-corrected chi connectivity index (χ1v) is 4.58. The third kappa shape index (κ3) is 2.35. The van der Waals surface area contributed by atoms with Crippen molar-refractivity contribution in [2.75, 3.05) is 0 Å². The number of phenolic OH excluding ortho intramolecular Hbond substituents is 1. The van der Waals surface area contributed by atoms with Gasteiger partial charge in [0, 0.05) is 12.3 Å². The Bertz CT molecular complexity index is 476. The van der Waals surface area contributed by atoms with Gasteiger partial charge >= 0.3 is 0 Å². The van der Waals surface area contributed by atoms with E-state index in [-0.39, 0.29) is 16.9 Å². The molecule has 0 atom stereocenters. The predicted octanol–water partition coefficient (Wildman–Crippen LogP) is 2.63. The van der Waals surface area contributed by atoms with Crippen LogP contribution in [0.3, 0.4) is 0 Å². The van der Waals surface area contributed by atoms with Gasteiger partial charge in [0.05, 0.1) is 0 Å². The number of hydrogen-bond donors (Lipinski definition) is 1. The van der Waals surface area contributed by atoms with Gasteiger partial charge in [-0.15, -0.1) is 0 Å². The highest BCUT2D eigenvalue weighted by Gasteiger charge is 2.03. The highest BCUT2D eigenvalue weighted by Crippen LogP contribution is 2.28. The summed E-state index contributed by atoms with van der Waals surface area (Å²) in [6.45, 7) is 0. The van der Waals surface area contributed by atoms with Crippen molar-refractivity contribution in [3.63, 3.8) is 0 Å². The van der Waals surface area contributed by atoms with Crippen molar-refractivity contribution in [2.45, 2.75) is 0 Å². The fraction of sp³-hybridized carbons (Fsp3) is 0. The molecule has 5 heteroatoms. The summed E-state index contributed by atoms with van der Waals surface area (Å²) in [4.78, 5) is 7.55. The molecule has 1 heterocycles. The molecule has 76 valence electrons. The number of nitrogens with zero attached hydrogens (tertiary/aromatic N) is 2. The van der Waals surface area contributed by atoms with E-state index in [0.717, 1.165) is 0 Å². The Morgan fingerprint density at radius 2 is 2.00 bits per heavy atom. The van der Waals surface area contributed by atoms with E-state index in [1.807, 2.05) is 0 Å². The molecule has 0 saturated heterocycles. The quantitative estimate of drug-likeness (QED) is 0.794. The summed E-state index contributed by atoms with van der Waals surface area (Å²) in [6.07, 6.45) is 1.48. The van der Waals surface area contributed by atoms with Gasteiger partial charge in [-0.25, -0.2) is 4.98 Å². The molecule has 2 aromatic rings. The fourth-order valence-corrected chi connectivity index (χ4v) is 1.17. The average molecular weight is 223 g/mol. The van der Waals surface area contributed by atoms with Crippen LogP contribution in [0.15, 0.2) is 36.5 Å². The van der Waals surface area contributed by atoms with Crippen LogP contribution in [0.2, 0.25) is 5.28 Å². The minimum atomic E-state index is 0.0484. The van der Waals surface area contributed by atoms with E-state index in [2.05, 4.69) is 9.97 Å². The molecule has 1 aromatic heterocycles. The van der Waals surface area contributed by atoms with E-state index >= 15 is 0 Å². The highest BCUT2D eigenvalue weighted by atomic mass is 35.5. The molecule has 1 N–H and O–H groups in total. The topological polar surface area (TPSA) is 55.2 Å². The van der Waals surface area contributed by atoms with E-state index in [1.54, 1.807) is 24.3 Å². The summed E-state index contributed by atoms with van der Waals surface area (Å²) in [7, 11) is 0. The Hall–Kier alpha value is -1.81. The van der Waals surface area contributed by atoms with Crippen molar-refractivity contribution >= 4 is 11.6 Å². The molecule has 0 saturated carbocycles. The monoisotopic (exact) mass is 222 g/mol. The lowest BCUT2D eigenvalue weighted by atomic mass is 10.3. The minimum Gasteiger partial charge on any atom is -0.504 e. The zero-order chi connectivity index (χ0) is 10.7. The molecular weight excluding hydrogens is 216 g/mol. The van der Waals surface area contributed by atoms with Gasteiger partial charge in [0.25, 0.3) is 0 Å². The number of benzene rings is 1. The molecule has 4 nitrogen and oxygen atoms in total. The normalized spacial score (nSPS) is 9.93. The molecule has 0 aliphatic carbocycles. The van der Waals surface area contributed by atoms with E-state index in [4.69, 9.17) is 16.3 Å². The lowest BCUT2D eigenvalue weighted by molar-refractivity contribution is 0.402. The lowest BCUT2D eigenvalue weighted by Crippen LogP contribution is -1.89. The van der Waals surface area contributed by atoms with Gasteiger partial charge in [0.2, 0.25) is 11.2 Å². The van der Waals surface area contributed by atoms with Crippen LogP contribution in [0.4, 0.5) is 0 Å². The summed E-state index contributed by atoms with van der Waals surface area (Å²) >= 11 is 5.59. The van der Waals surface area contributed by atoms with E-state index in [1.165, 1.54) is 12.3 Å². The second kappa shape index (κ2) is 4.14. The molecule has 0 radical (unpaired) electrons. The number of aromatic hydroxyl groups is 1. The SMILES string of the molecule is Oc1ccccc1Oc1ccnc(Cl)n1. The zero-order valence-corrected chi connectivity index (χ0v) is 8.35. The molecule has 15 heavy (non-hydrogen) atoms. The van der Waals surface area contributed by atoms with Gasteiger partial charge in [-0.05, 0) is 23.7 Å². The Labute approximate surface area is 91.1 Å². The third-order valence-corrected chi connectivity index (χ3v) is 1.86. The number of halogens is 1. The first-order chi connectivity index (χ1) is 7.25. The molecule has 0 unspecified atom stereocenters. The number of para-hydroxylation sites is 2. The van der Waals surface area contributed by atoms with Crippen LogP contribution < -0.4 is 4.74 Å². The van der Waals surface area contributed by atoms with Gasteiger partial charge < -0.3 is 9.84 Å². The number of aromatic nitrogens is 2. The Morgan fingerprint density at radius 1 is 1.20 bits per heavy atom. The van der Waals surface area contributed by atoms with Crippen molar-refractivity contribution in [2.24, 2.45) is 0 Å². The molecule has 0 spiro atoms. The third-order valence-electron chi connectivity index (χ3n) is 1.68. The van der Waals surface area contributed by atoms with Crippen molar-refractivity contribution in [3.05, 3.63) is 41.8 Å². The molecule has 1 aromatic carbocycles. The molecule has 2 rings (SSSR count). The number of phenols is 1. The standard InChI is InChI=1S/C10H7ClN2O2/c11-10-12-6-5-9(13-10)15-8-4-2-1-3-7(8)14/h1-6,14H. The predicted molar refractivity (Wildman–Crippen MR) is 55.2 cm³/mol. The van der Waals surface area contributed by atoms with Crippen LogP contribution >= 0.6 is 11.6 Å². The minimum absolute atomic E-state index is 0.0484. The maximum Gasteiger partial charge on any atom is 0.225 e. The number of rotatable bonds is 2. The van der Waals surface area contributed by atoms with E-state index in [0.29, 0.717) is 5.75 Å². The highest BCUT2D eigenvalue weighted by molar-refractivity contribution is 6.28. The van der Waals surface area contributed by atoms with Gasteiger partial charge in [-0.2, -0.15) is 4.98 Å². The first-order valence-electron chi connectivity index (χ1n) is 4.20. The maximum absolute atomic E-state index is 9.44. The molecule has 0 aliphatic heterocycles. The van der Waals surface area contributed by atoms with Crippen LogP contribution in [0.25, 0.3) is 0 Å². The number of hydrogen-bond acceptors (Lipinski definition) is 4. The van der Waals surface area contributed by atoms with Gasteiger partial charge in [0.1, 0.15) is 0 Å². The summed E-state index contributed by atoms with van der Waals surface area (Å²) in [5.74, 6) is 0.663. The maximum atomic E-state index is 9.44. The van der Waals surface area contributed by atoms with Crippen molar-refractivity contribution in [1.29, 1.82) is 0 Å². The fourth-order valence-electron chi connectivity index (χ4n) is 1.03. The van der Waals surface area contributed by atoms with Crippen LogP contribution in [0.1, 0.15) is 0 Å². The average Bonchev–Trinajstić information content (AvgIpc) is 2.22. The van der Waals surface area contributed by atoms with Crippen LogP contribution in [0, 0.1) is 0 Å². The van der Waals surface area contributed by atoms with Crippen molar-refractivity contribution < 1.29 is 9.84 Å². The summed E-state index contributed by atoms with van der Waals surface area (Å²) in [5, 5.41) is 9.54. The van der Waals surface area contributed by atoms with Gasteiger partial charge in [-0.1, -0.05) is 12.1 Å². The Balaban J connectivity index is 2.26. The summed E-state index contributed by atoms with van der Waals surface area (Å²) in [5.41, 5.74) is 0. The van der Waals surface area contributed by atoms with E-state index < -0.39 is 0 Å². The zero-order valence-electron chi connectivity index (χ0n) is 7.59. The van der Waals surface area contributed by atoms with Gasteiger partial charge in [-0.3, -0.25) is 0 Å². The van der Waals surface area contributed by atoms with E-state index in [9.17, 15) is 5.11 Å². The van der Waals surface area contributed by atoms with Crippen molar-refractivity contribution in [3.8, 4) is 17.4 Å². The molecule has 0 fully saturated rings. The first kappa shape index (κ1) is 9.73. The van der Waals surface area contributed by atoms with Crippen LogP contribution in [0.5, 0.6) is 17.4 Å². The van der Waals surface area contributed by atoms with Crippen molar-refractivity contribution in [1.82, 2.24) is 9.97 Å². The number of ether oxygens (including phenoxy) is 1. The Morgan fingerprint density at radius 3 is 2.73 bits per heavy atom. The summed E-state index contributed by atoms with van der Waals surface area (Å²) < 4.78 is 5.30. The smallest absolute Gasteiger partial charge is 0.225 e. The largest absolute Gasteiger partial charge is 0.504 e. The Kier molecular flexibility index (Phi) is 2.69. The second-order valence-electron chi connectivity index (χ2n) is 2.73. The molecule has 0 bridgehead atoms. The lowest BCUT2D eigenvalue weighted by Gasteiger charge is -2.05. The molecule has 0 aliphatic rings. The molecular formula is C10H7ClN2O2. The van der Waals surface area contributed by atoms with Crippen LogP contribution in [-0.2, 0) is 0 Å². The van der Waals surface area contributed by atoms with Gasteiger partial charge in [0.15, 0.2) is 11.5 Å². The summed E-state index contributed by atoms with van der Waals surface area (Å²) in [6, 6.07) is 8.16. The molecule has 0 amide bonds. The van der Waals surface area contributed by atoms with Crippen LogP contribution in [-0.4, -0.2) is 15.1 Å². The second-order valence-corrected chi connectivity index (χ2v) is 3.07.